The van der Waals surface area contributed by atoms with Crippen molar-refractivity contribution in [1.82, 2.24) is 0 Å². The minimum Gasteiger partial charge on any atom is -0.321 e. The third-order valence-electron chi connectivity index (χ3n) is 3.22. The van der Waals surface area contributed by atoms with Crippen molar-refractivity contribution in [3.63, 3.8) is 0 Å². The van der Waals surface area contributed by atoms with Crippen molar-refractivity contribution in [1.29, 1.82) is 0 Å². The van der Waals surface area contributed by atoms with Gasteiger partial charge in [0.1, 0.15) is 0 Å². The van der Waals surface area contributed by atoms with Crippen LogP contribution < -0.4 is 5.73 Å². The van der Waals surface area contributed by atoms with Gasteiger partial charge < -0.3 is 5.73 Å². The van der Waals surface area contributed by atoms with Crippen molar-refractivity contribution in [2.24, 2.45) is 11.1 Å². The number of halogens is 2. The lowest BCUT2D eigenvalue weighted by Crippen LogP contribution is -2.25. The average molecular weight is 230 g/mol. The molecule has 3 heteroatoms. The van der Waals surface area contributed by atoms with Crippen LogP contribution in [-0.2, 0) is 5.54 Å². The fourth-order valence-corrected chi connectivity index (χ4v) is 2.54. The molecule has 0 saturated heterocycles. The number of rotatable bonds is 1. The highest BCUT2D eigenvalue weighted by Gasteiger charge is 2.60. The number of benzene rings is 1. The van der Waals surface area contributed by atoms with E-state index in [1.54, 1.807) is 6.07 Å². The molecule has 0 heterocycles. The summed E-state index contributed by atoms with van der Waals surface area (Å²) in [4.78, 5) is 0. The van der Waals surface area contributed by atoms with Gasteiger partial charge in [-0.1, -0.05) is 43.1 Å². The molecule has 0 spiro atoms. The molecule has 1 aromatic carbocycles. The molecule has 0 radical (unpaired) electrons. The van der Waals surface area contributed by atoms with Crippen LogP contribution in [0.4, 0.5) is 0 Å². The summed E-state index contributed by atoms with van der Waals surface area (Å²) < 4.78 is 0. The predicted octanol–water partition coefficient (Wildman–Crippen LogP) is 3.58. The molecule has 1 unspecified atom stereocenters. The second-order valence-electron chi connectivity index (χ2n) is 4.66. The molecule has 1 nitrogen and oxygen atoms in total. The first-order valence-electron chi connectivity index (χ1n) is 4.61. The Kier molecular flexibility index (Phi) is 2.11. The third-order valence-corrected chi connectivity index (χ3v) is 3.76. The Labute approximate surface area is 94.2 Å². The predicted molar refractivity (Wildman–Crippen MR) is 60.7 cm³/mol. The van der Waals surface area contributed by atoms with E-state index >= 15 is 0 Å². The number of nitrogens with two attached hydrogens (primary N) is 1. The van der Waals surface area contributed by atoms with Crippen molar-refractivity contribution in [3.05, 3.63) is 33.8 Å². The Hall–Kier alpha value is -0.240. The summed E-state index contributed by atoms with van der Waals surface area (Å²) in [6.45, 7) is 4.30. The first kappa shape index (κ1) is 10.3. The molecule has 1 saturated carbocycles. The summed E-state index contributed by atoms with van der Waals surface area (Å²) in [5.74, 6) is 0. The van der Waals surface area contributed by atoms with Crippen molar-refractivity contribution in [2.45, 2.75) is 25.8 Å². The van der Waals surface area contributed by atoms with E-state index in [-0.39, 0.29) is 11.0 Å². The SMILES string of the molecule is CC1(C)CC1(N)c1ccc(Cl)cc1Cl. The van der Waals surface area contributed by atoms with Gasteiger partial charge in [-0.15, -0.1) is 0 Å². The lowest BCUT2D eigenvalue weighted by molar-refractivity contribution is 0.510. The summed E-state index contributed by atoms with van der Waals surface area (Å²) >= 11 is 12.0. The largest absolute Gasteiger partial charge is 0.321 e. The minimum absolute atomic E-state index is 0.143. The van der Waals surface area contributed by atoms with Gasteiger partial charge >= 0.3 is 0 Å². The van der Waals surface area contributed by atoms with Crippen LogP contribution in [0.3, 0.4) is 0 Å². The molecular weight excluding hydrogens is 217 g/mol. The monoisotopic (exact) mass is 229 g/mol. The fraction of sp³-hybridized carbons (Fsp3) is 0.455. The highest BCUT2D eigenvalue weighted by Crippen LogP contribution is 2.61. The van der Waals surface area contributed by atoms with Gasteiger partial charge in [-0.2, -0.15) is 0 Å². The molecule has 0 aliphatic heterocycles. The van der Waals surface area contributed by atoms with Gasteiger partial charge in [-0.3, -0.25) is 0 Å². The summed E-state index contributed by atoms with van der Waals surface area (Å²) in [5.41, 5.74) is 7.15. The summed E-state index contributed by atoms with van der Waals surface area (Å²) in [7, 11) is 0. The number of hydrogen-bond acceptors (Lipinski definition) is 1. The quantitative estimate of drug-likeness (QED) is 0.783. The number of hydrogen-bond donors (Lipinski definition) is 1. The van der Waals surface area contributed by atoms with Crippen LogP contribution in [-0.4, -0.2) is 0 Å². The topological polar surface area (TPSA) is 26.0 Å². The van der Waals surface area contributed by atoms with Crippen molar-refractivity contribution in [2.75, 3.05) is 0 Å². The maximum Gasteiger partial charge on any atom is 0.0482 e. The van der Waals surface area contributed by atoms with Gasteiger partial charge in [0.2, 0.25) is 0 Å². The Balaban J connectivity index is 2.45. The van der Waals surface area contributed by atoms with Gasteiger partial charge in [-0.25, -0.2) is 0 Å². The Morgan fingerprint density at radius 3 is 2.29 bits per heavy atom. The molecule has 1 atom stereocenters. The Bertz CT molecular complexity index is 387. The molecule has 76 valence electrons. The van der Waals surface area contributed by atoms with E-state index in [1.807, 2.05) is 12.1 Å². The van der Waals surface area contributed by atoms with Crippen LogP contribution >= 0.6 is 23.2 Å². The highest BCUT2D eigenvalue weighted by atomic mass is 35.5. The van der Waals surface area contributed by atoms with Crippen LogP contribution in [0.1, 0.15) is 25.8 Å². The van der Waals surface area contributed by atoms with E-state index < -0.39 is 0 Å². The van der Waals surface area contributed by atoms with Crippen molar-refractivity contribution in [3.8, 4) is 0 Å². The third kappa shape index (κ3) is 1.35. The maximum atomic E-state index is 6.27. The first-order valence-corrected chi connectivity index (χ1v) is 5.37. The summed E-state index contributed by atoms with van der Waals surface area (Å²) in [5, 5.41) is 1.33. The van der Waals surface area contributed by atoms with Gasteiger partial charge in [-0.05, 0) is 29.5 Å². The zero-order valence-corrected chi connectivity index (χ0v) is 9.78. The molecule has 0 amide bonds. The van der Waals surface area contributed by atoms with E-state index in [0.717, 1.165) is 12.0 Å². The van der Waals surface area contributed by atoms with Gasteiger partial charge in [0, 0.05) is 15.6 Å². The Morgan fingerprint density at radius 2 is 1.86 bits per heavy atom. The second-order valence-corrected chi connectivity index (χ2v) is 5.50. The fourth-order valence-electron chi connectivity index (χ4n) is 1.96. The lowest BCUT2D eigenvalue weighted by atomic mass is 9.97. The van der Waals surface area contributed by atoms with Crippen molar-refractivity contribution >= 4 is 23.2 Å². The van der Waals surface area contributed by atoms with Crippen LogP contribution in [0.25, 0.3) is 0 Å². The lowest BCUT2D eigenvalue weighted by Gasteiger charge is -2.17. The molecular formula is C11H13Cl2N. The highest BCUT2D eigenvalue weighted by molar-refractivity contribution is 6.35. The zero-order valence-electron chi connectivity index (χ0n) is 8.27. The molecule has 2 N–H and O–H groups in total. The van der Waals surface area contributed by atoms with Crippen molar-refractivity contribution < 1.29 is 0 Å². The molecule has 14 heavy (non-hydrogen) atoms. The molecule has 0 aromatic heterocycles. The van der Waals surface area contributed by atoms with Gasteiger partial charge in [0.25, 0.3) is 0 Å². The van der Waals surface area contributed by atoms with E-state index in [9.17, 15) is 0 Å². The first-order chi connectivity index (χ1) is 6.37. The molecule has 2 rings (SSSR count). The summed E-state index contributed by atoms with van der Waals surface area (Å²) in [6, 6.07) is 5.52. The molecule has 1 aliphatic carbocycles. The van der Waals surface area contributed by atoms with Crippen LogP contribution in [0.2, 0.25) is 10.0 Å². The van der Waals surface area contributed by atoms with Crippen LogP contribution in [0, 0.1) is 5.41 Å². The van der Waals surface area contributed by atoms with E-state index in [0.29, 0.717) is 10.0 Å². The molecule has 1 aliphatic rings. The van der Waals surface area contributed by atoms with E-state index in [4.69, 9.17) is 28.9 Å². The minimum atomic E-state index is -0.269. The molecule has 0 bridgehead atoms. The Morgan fingerprint density at radius 1 is 1.29 bits per heavy atom. The molecule has 1 fully saturated rings. The van der Waals surface area contributed by atoms with E-state index in [2.05, 4.69) is 13.8 Å². The van der Waals surface area contributed by atoms with Gasteiger partial charge in [0.05, 0.1) is 0 Å². The second kappa shape index (κ2) is 2.88. The average Bonchev–Trinajstić information content (AvgIpc) is 2.50. The maximum absolute atomic E-state index is 6.27. The zero-order chi connectivity index (χ0) is 10.6. The molecule has 1 aromatic rings. The van der Waals surface area contributed by atoms with Crippen LogP contribution in [0.5, 0.6) is 0 Å². The van der Waals surface area contributed by atoms with E-state index in [1.165, 1.54) is 0 Å². The normalized spacial score (nSPS) is 28.9. The standard InChI is InChI=1S/C11H13Cl2N/c1-10(2)6-11(10,14)8-4-3-7(12)5-9(8)13/h3-5H,6,14H2,1-2H3. The van der Waals surface area contributed by atoms with Crippen LogP contribution in [0.15, 0.2) is 18.2 Å². The smallest absolute Gasteiger partial charge is 0.0482 e. The van der Waals surface area contributed by atoms with Gasteiger partial charge in [0.15, 0.2) is 0 Å². The summed E-state index contributed by atoms with van der Waals surface area (Å²) in [6.07, 6.45) is 0.974.